The fraction of sp³-hybridized carbons (Fsp3) is 0.625. The SMILES string of the molecule is CCC1CCCC(C(C)(O)c2cccc(Cl)c2)C1. The maximum atomic E-state index is 10.9. The highest BCUT2D eigenvalue weighted by molar-refractivity contribution is 6.30. The van der Waals surface area contributed by atoms with Crippen LogP contribution in [0.25, 0.3) is 0 Å². The smallest absolute Gasteiger partial charge is 0.0897 e. The van der Waals surface area contributed by atoms with E-state index < -0.39 is 5.60 Å². The second kappa shape index (κ2) is 5.63. The van der Waals surface area contributed by atoms with Crippen LogP contribution in [0.3, 0.4) is 0 Å². The van der Waals surface area contributed by atoms with Crippen molar-refractivity contribution in [2.45, 2.75) is 51.6 Å². The van der Waals surface area contributed by atoms with E-state index in [1.54, 1.807) is 0 Å². The lowest BCUT2D eigenvalue weighted by Gasteiger charge is -2.39. The van der Waals surface area contributed by atoms with Gasteiger partial charge < -0.3 is 5.11 Å². The Balaban J connectivity index is 2.19. The third-order valence-corrected chi connectivity index (χ3v) is 4.80. The summed E-state index contributed by atoms with van der Waals surface area (Å²) >= 11 is 6.03. The molecule has 1 aromatic carbocycles. The summed E-state index contributed by atoms with van der Waals surface area (Å²) in [6, 6.07) is 7.67. The molecule has 0 aromatic heterocycles. The lowest BCUT2D eigenvalue weighted by atomic mass is 9.70. The van der Waals surface area contributed by atoms with Gasteiger partial charge >= 0.3 is 0 Å². The van der Waals surface area contributed by atoms with Gasteiger partial charge in [0.25, 0.3) is 0 Å². The standard InChI is InChI=1S/C16H23ClO/c1-3-12-6-4-7-13(10-12)16(2,18)14-8-5-9-15(17)11-14/h5,8-9,11-13,18H,3-4,6-7,10H2,1-2H3. The van der Waals surface area contributed by atoms with Crippen LogP contribution in [0.2, 0.25) is 5.02 Å². The van der Waals surface area contributed by atoms with Gasteiger partial charge in [-0.25, -0.2) is 0 Å². The number of hydrogen-bond acceptors (Lipinski definition) is 1. The van der Waals surface area contributed by atoms with E-state index in [1.807, 2.05) is 31.2 Å². The first-order chi connectivity index (χ1) is 8.54. The Kier molecular flexibility index (Phi) is 4.34. The monoisotopic (exact) mass is 266 g/mol. The molecule has 1 aliphatic rings. The molecule has 1 nitrogen and oxygen atoms in total. The predicted octanol–water partition coefficient (Wildman–Crippen LogP) is 4.76. The minimum atomic E-state index is -0.751. The summed E-state index contributed by atoms with van der Waals surface area (Å²) in [5.41, 5.74) is 0.204. The van der Waals surface area contributed by atoms with E-state index in [0.29, 0.717) is 10.9 Å². The van der Waals surface area contributed by atoms with Gasteiger partial charge in [0.1, 0.15) is 0 Å². The topological polar surface area (TPSA) is 20.2 Å². The van der Waals surface area contributed by atoms with Crippen LogP contribution in [0.15, 0.2) is 24.3 Å². The van der Waals surface area contributed by atoms with Gasteiger partial charge in [-0.2, -0.15) is 0 Å². The van der Waals surface area contributed by atoms with Crippen LogP contribution in [-0.2, 0) is 5.60 Å². The summed E-state index contributed by atoms with van der Waals surface area (Å²) in [7, 11) is 0. The summed E-state index contributed by atoms with van der Waals surface area (Å²) in [4.78, 5) is 0. The molecule has 1 saturated carbocycles. The van der Waals surface area contributed by atoms with Crippen molar-refractivity contribution in [1.29, 1.82) is 0 Å². The molecule has 100 valence electrons. The molecule has 0 amide bonds. The van der Waals surface area contributed by atoms with E-state index in [4.69, 9.17) is 11.6 Å². The normalized spacial score (nSPS) is 27.8. The highest BCUT2D eigenvalue weighted by Crippen LogP contribution is 2.42. The van der Waals surface area contributed by atoms with E-state index in [-0.39, 0.29) is 0 Å². The molecule has 3 unspecified atom stereocenters. The first kappa shape index (κ1) is 13.9. The number of aliphatic hydroxyl groups is 1. The van der Waals surface area contributed by atoms with Gasteiger partial charge in [0.2, 0.25) is 0 Å². The first-order valence-electron chi connectivity index (χ1n) is 7.02. The highest BCUT2D eigenvalue weighted by Gasteiger charge is 2.36. The predicted molar refractivity (Wildman–Crippen MR) is 76.8 cm³/mol. The zero-order chi connectivity index (χ0) is 13.2. The number of benzene rings is 1. The molecular formula is C16H23ClO. The molecule has 2 rings (SSSR count). The summed E-state index contributed by atoms with van der Waals surface area (Å²) in [6.45, 7) is 4.20. The van der Waals surface area contributed by atoms with Gasteiger partial charge in [-0.1, -0.05) is 49.9 Å². The van der Waals surface area contributed by atoms with Crippen molar-refractivity contribution in [1.82, 2.24) is 0 Å². The van der Waals surface area contributed by atoms with Crippen molar-refractivity contribution in [3.63, 3.8) is 0 Å². The molecule has 0 heterocycles. The Bertz CT molecular complexity index is 400. The highest BCUT2D eigenvalue weighted by atomic mass is 35.5. The second-order valence-electron chi connectivity index (χ2n) is 5.80. The van der Waals surface area contributed by atoms with E-state index in [2.05, 4.69) is 6.92 Å². The van der Waals surface area contributed by atoms with Crippen LogP contribution in [0, 0.1) is 11.8 Å². The Hall–Kier alpha value is -0.530. The van der Waals surface area contributed by atoms with Crippen molar-refractivity contribution in [3.05, 3.63) is 34.9 Å². The van der Waals surface area contributed by atoms with Crippen LogP contribution in [0.5, 0.6) is 0 Å². The molecule has 3 atom stereocenters. The van der Waals surface area contributed by atoms with Gasteiger partial charge in [-0.05, 0) is 49.3 Å². The molecular weight excluding hydrogens is 244 g/mol. The van der Waals surface area contributed by atoms with Gasteiger partial charge in [0.15, 0.2) is 0 Å². The molecule has 18 heavy (non-hydrogen) atoms. The average molecular weight is 267 g/mol. The van der Waals surface area contributed by atoms with Crippen LogP contribution < -0.4 is 0 Å². The lowest BCUT2D eigenvalue weighted by molar-refractivity contribution is -0.0311. The second-order valence-corrected chi connectivity index (χ2v) is 6.23. The maximum absolute atomic E-state index is 10.9. The minimum Gasteiger partial charge on any atom is -0.385 e. The molecule has 0 aliphatic heterocycles. The lowest BCUT2D eigenvalue weighted by Crippen LogP contribution is -2.35. The molecule has 1 aromatic rings. The Morgan fingerprint density at radius 1 is 1.39 bits per heavy atom. The summed E-state index contributed by atoms with van der Waals surface area (Å²) in [5.74, 6) is 1.13. The van der Waals surface area contributed by atoms with Gasteiger partial charge in [-0.3, -0.25) is 0 Å². The fourth-order valence-electron chi connectivity index (χ4n) is 3.21. The molecule has 0 bridgehead atoms. The van der Waals surface area contributed by atoms with E-state index in [1.165, 1.54) is 19.3 Å². The molecule has 1 N–H and O–H groups in total. The molecule has 1 fully saturated rings. The van der Waals surface area contributed by atoms with Crippen molar-refractivity contribution in [2.24, 2.45) is 11.8 Å². The molecule has 1 aliphatic carbocycles. The molecule has 2 heteroatoms. The number of hydrogen-bond donors (Lipinski definition) is 1. The number of rotatable bonds is 3. The van der Waals surface area contributed by atoms with Crippen LogP contribution in [0.4, 0.5) is 0 Å². The van der Waals surface area contributed by atoms with Crippen LogP contribution in [-0.4, -0.2) is 5.11 Å². The summed E-state index contributed by atoms with van der Waals surface area (Å²) in [5, 5.41) is 11.6. The quantitative estimate of drug-likeness (QED) is 0.836. The van der Waals surface area contributed by atoms with Crippen LogP contribution >= 0.6 is 11.6 Å². The van der Waals surface area contributed by atoms with E-state index >= 15 is 0 Å². The minimum absolute atomic E-state index is 0.356. The maximum Gasteiger partial charge on any atom is 0.0897 e. The zero-order valence-corrected chi connectivity index (χ0v) is 12.1. The van der Waals surface area contributed by atoms with Crippen molar-refractivity contribution in [2.75, 3.05) is 0 Å². The summed E-state index contributed by atoms with van der Waals surface area (Å²) < 4.78 is 0. The molecule has 0 spiro atoms. The Morgan fingerprint density at radius 2 is 2.17 bits per heavy atom. The van der Waals surface area contributed by atoms with Crippen molar-refractivity contribution >= 4 is 11.6 Å². The summed E-state index contributed by atoms with van der Waals surface area (Å²) in [6.07, 6.45) is 6.03. The average Bonchev–Trinajstić information content (AvgIpc) is 2.39. The fourth-order valence-corrected chi connectivity index (χ4v) is 3.40. The molecule has 0 radical (unpaired) electrons. The van der Waals surface area contributed by atoms with E-state index in [9.17, 15) is 5.11 Å². The first-order valence-corrected chi connectivity index (χ1v) is 7.40. The van der Waals surface area contributed by atoms with E-state index in [0.717, 1.165) is 24.3 Å². The van der Waals surface area contributed by atoms with Gasteiger partial charge in [0, 0.05) is 5.02 Å². The Morgan fingerprint density at radius 3 is 2.83 bits per heavy atom. The van der Waals surface area contributed by atoms with Crippen molar-refractivity contribution < 1.29 is 5.11 Å². The number of halogens is 1. The van der Waals surface area contributed by atoms with Gasteiger partial charge in [-0.15, -0.1) is 0 Å². The third-order valence-electron chi connectivity index (χ3n) is 4.56. The third kappa shape index (κ3) is 2.89. The largest absolute Gasteiger partial charge is 0.385 e. The Labute approximate surface area is 115 Å². The molecule has 0 saturated heterocycles. The van der Waals surface area contributed by atoms with Crippen LogP contribution in [0.1, 0.15) is 51.5 Å². The van der Waals surface area contributed by atoms with Crippen molar-refractivity contribution in [3.8, 4) is 0 Å². The van der Waals surface area contributed by atoms with Gasteiger partial charge in [0.05, 0.1) is 5.60 Å². The zero-order valence-electron chi connectivity index (χ0n) is 11.3.